The van der Waals surface area contributed by atoms with Crippen LogP contribution in [-0.4, -0.2) is 30.6 Å². The standard InChI is InChI=1S/C29H26N2O3S/c1-19-12-14-24(15-13-19)35-18-26-25(29(32)31(30-26)23-9-5-4-6-10-23)17-22-16-21-8-7-11-27(33-3)28(21)34-20(22)2/h4-17,20H,18H2,1-3H3/b25-17-. The van der Waals surface area contributed by atoms with E-state index in [0.717, 1.165) is 33.2 Å². The number of amides is 1. The lowest BCUT2D eigenvalue weighted by molar-refractivity contribution is -0.114. The number of fused-ring (bicyclic) bond motifs is 1. The Morgan fingerprint density at radius 2 is 1.83 bits per heavy atom. The molecule has 5 nitrogen and oxygen atoms in total. The van der Waals surface area contributed by atoms with Crippen LogP contribution >= 0.6 is 11.8 Å². The van der Waals surface area contributed by atoms with Crippen LogP contribution in [0.3, 0.4) is 0 Å². The smallest absolute Gasteiger partial charge is 0.280 e. The van der Waals surface area contributed by atoms with Gasteiger partial charge in [-0.15, -0.1) is 11.8 Å². The summed E-state index contributed by atoms with van der Waals surface area (Å²) in [7, 11) is 1.63. The lowest BCUT2D eigenvalue weighted by atomic mass is 9.98. The van der Waals surface area contributed by atoms with Gasteiger partial charge in [0.2, 0.25) is 0 Å². The molecular formula is C29H26N2O3S. The van der Waals surface area contributed by atoms with Gasteiger partial charge in [-0.05, 0) is 61.9 Å². The number of nitrogens with zero attached hydrogens (tertiary/aromatic N) is 2. The van der Waals surface area contributed by atoms with Crippen molar-refractivity contribution in [1.82, 2.24) is 0 Å². The van der Waals surface area contributed by atoms with Crippen LogP contribution in [0, 0.1) is 6.92 Å². The fraction of sp³-hybridized carbons (Fsp3) is 0.172. The van der Waals surface area contributed by atoms with Gasteiger partial charge in [0.1, 0.15) is 6.10 Å². The number of anilines is 1. The van der Waals surface area contributed by atoms with E-state index in [4.69, 9.17) is 14.6 Å². The van der Waals surface area contributed by atoms with Crippen molar-refractivity contribution in [3.8, 4) is 11.5 Å². The number of rotatable bonds is 6. The van der Waals surface area contributed by atoms with E-state index in [2.05, 4.69) is 37.3 Å². The molecule has 5 rings (SSSR count). The Bertz CT molecular complexity index is 1340. The summed E-state index contributed by atoms with van der Waals surface area (Å²) in [6.07, 6.45) is 3.74. The number of ether oxygens (including phenoxy) is 2. The predicted octanol–water partition coefficient (Wildman–Crippen LogP) is 6.29. The van der Waals surface area contributed by atoms with E-state index in [1.165, 1.54) is 10.6 Å². The zero-order valence-electron chi connectivity index (χ0n) is 19.9. The maximum absolute atomic E-state index is 13.5. The molecule has 3 aromatic carbocycles. The third-order valence-corrected chi connectivity index (χ3v) is 7.00. The number of benzene rings is 3. The molecule has 3 aromatic rings. The van der Waals surface area contributed by atoms with Crippen molar-refractivity contribution in [1.29, 1.82) is 0 Å². The van der Waals surface area contributed by atoms with Crippen molar-refractivity contribution in [3.05, 3.63) is 101 Å². The lowest BCUT2D eigenvalue weighted by Crippen LogP contribution is -2.23. The van der Waals surface area contributed by atoms with E-state index >= 15 is 0 Å². The molecule has 2 heterocycles. The first-order valence-electron chi connectivity index (χ1n) is 11.5. The molecule has 1 unspecified atom stereocenters. The number of methoxy groups -OCH3 is 1. The summed E-state index contributed by atoms with van der Waals surface area (Å²) in [5.41, 5.74) is 5.13. The topological polar surface area (TPSA) is 51.1 Å². The molecular weight excluding hydrogens is 456 g/mol. The SMILES string of the molecule is COc1cccc2c1OC(C)C(/C=C1\C(=O)N(c3ccccc3)N=C1CSc1ccc(C)cc1)=C2. The third kappa shape index (κ3) is 4.75. The van der Waals surface area contributed by atoms with Gasteiger partial charge in [0.05, 0.1) is 24.1 Å². The Kier molecular flexibility index (Phi) is 6.47. The molecule has 0 fully saturated rings. The predicted molar refractivity (Wildman–Crippen MR) is 142 cm³/mol. The number of aryl methyl sites for hydroxylation is 1. The molecule has 0 aliphatic carbocycles. The van der Waals surface area contributed by atoms with Crippen LogP contribution in [0.15, 0.2) is 100 Å². The highest BCUT2D eigenvalue weighted by atomic mass is 32.2. The van der Waals surface area contributed by atoms with Crippen LogP contribution in [0.5, 0.6) is 11.5 Å². The van der Waals surface area contributed by atoms with E-state index in [-0.39, 0.29) is 12.0 Å². The molecule has 1 atom stereocenters. The second kappa shape index (κ2) is 9.84. The van der Waals surface area contributed by atoms with Gasteiger partial charge in [-0.2, -0.15) is 10.1 Å². The molecule has 0 saturated heterocycles. The largest absolute Gasteiger partial charge is 0.493 e. The Labute approximate surface area is 209 Å². The maximum Gasteiger partial charge on any atom is 0.280 e. The molecule has 1 amide bonds. The molecule has 2 aliphatic rings. The van der Waals surface area contributed by atoms with Crippen LogP contribution in [-0.2, 0) is 4.79 Å². The number of thioether (sulfide) groups is 1. The summed E-state index contributed by atoms with van der Waals surface area (Å²) >= 11 is 1.67. The summed E-state index contributed by atoms with van der Waals surface area (Å²) in [6.45, 7) is 4.05. The molecule has 0 spiro atoms. The van der Waals surface area contributed by atoms with E-state index in [1.807, 2.05) is 61.5 Å². The second-order valence-electron chi connectivity index (χ2n) is 8.44. The monoisotopic (exact) mass is 482 g/mol. The van der Waals surface area contributed by atoms with Gasteiger partial charge in [0.15, 0.2) is 11.5 Å². The zero-order chi connectivity index (χ0) is 24.4. The molecule has 0 saturated carbocycles. The lowest BCUT2D eigenvalue weighted by Gasteiger charge is -2.24. The number of hydrogen-bond acceptors (Lipinski definition) is 5. The zero-order valence-corrected chi connectivity index (χ0v) is 20.7. The minimum Gasteiger partial charge on any atom is -0.493 e. The van der Waals surface area contributed by atoms with Crippen LogP contribution in [0.2, 0.25) is 0 Å². The van der Waals surface area contributed by atoms with E-state index in [9.17, 15) is 4.79 Å². The fourth-order valence-electron chi connectivity index (χ4n) is 4.04. The Morgan fingerprint density at radius 3 is 2.57 bits per heavy atom. The maximum atomic E-state index is 13.5. The molecule has 0 N–H and O–H groups in total. The molecule has 35 heavy (non-hydrogen) atoms. The van der Waals surface area contributed by atoms with Crippen molar-refractivity contribution in [3.63, 3.8) is 0 Å². The van der Waals surface area contributed by atoms with Gasteiger partial charge in [0.25, 0.3) is 5.91 Å². The van der Waals surface area contributed by atoms with Crippen LogP contribution in [0.4, 0.5) is 5.69 Å². The van der Waals surface area contributed by atoms with Gasteiger partial charge in [0, 0.05) is 16.2 Å². The average molecular weight is 483 g/mol. The van der Waals surface area contributed by atoms with Gasteiger partial charge in [-0.25, -0.2) is 0 Å². The molecule has 0 bridgehead atoms. The number of hydrogen-bond donors (Lipinski definition) is 0. The summed E-state index contributed by atoms with van der Waals surface area (Å²) in [6, 6.07) is 23.7. The number of carbonyl (C=O) groups is 1. The number of carbonyl (C=O) groups excluding carboxylic acids is 1. The van der Waals surface area contributed by atoms with Crippen LogP contribution in [0.1, 0.15) is 18.1 Å². The molecule has 176 valence electrons. The van der Waals surface area contributed by atoms with Gasteiger partial charge in [-0.3, -0.25) is 4.79 Å². The highest BCUT2D eigenvalue weighted by Crippen LogP contribution is 2.38. The normalized spacial score (nSPS) is 18.1. The highest BCUT2D eigenvalue weighted by molar-refractivity contribution is 8.00. The summed E-state index contributed by atoms with van der Waals surface area (Å²) in [4.78, 5) is 14.7. The first-order valence-corrected chi connectivity index (χ1v) is 12.5. The van der Waals surface area contributed by atoms with E-state index in [0.29, 0.717) is 17.1 Å². The first-order chi connectivity index (χ1) is 17.0. The van der Waals surface area contributed by atoms with Crippen molar-refractivity contribution in [2.45, 2.75) is 24.8 Å². The van der Waals surface area contributed by atoms with Crippen molar-refractivity contribution in [2.24, 2.45) is 5.10 Å². The quantitative estimate of drug-likeness (QED) is 0.306. The molecule has 0 aromatic heterocycles. The highest BCUT2D eigenvalue weighted by Gasteiger charge is 2.32. The van der Waals surface area contributed by atoms with Crippen LogP contribution in [0.25, 0.3) is 6.08 Å². The number of hydrazone groups is 1. The summed E-state index contributed by atoms with van der Waals surface area (Å²) in [5, 5.41) is 6.23. The molecule has 0 radical (unpaired) electrons. The van der Waals surface area contributed by atoms with Gasteiger partial charge >= 0.3 is 0 Å². The fourth-order valence-corrected chi connectivity index (χ4v) is 4.89. The molecule has 2 aliphatic heterocycles. The van der Waals surface area contributed by atoms with E-state index in [1.54, 1.807) is 18.9 Å². The van der Waals surface area contributed by atoms with Gasteiger partial charge < -0.3 is 9.47 Å². The van der Waals surface area contributed by atoms with Crippen molar-refractivity contribution < 1.29 is 14.3 Å². The third-order valence-electron chi connectivity index (χ3n) is 5.98. The van der Waals surface area contributed by atoms with Crippen molar-refractivity contribution in [2.75, 3.05) is 17.9 Å². The summed E-state index contributed by atoms with van der Waals surface area (Å²) in [5.74, 6) is 1.86. The van der Waals surface area contributed by atoms with Crippen molar-refractivity contribution >= 4 is 35.1 Å². The minimum absolute atomic E-state index is 0.139. The second-order valence-corrected chi connectivity index (χ2v) is 9.49. The Balaban J connectivity index is 1.50. The van der Waals surface area contributed by atoms with Crippen LogP contribution < -0.4 is 14.5 Å². The minimum atomic E-state index is -0.240. The Hall–Kier alpha value is -3.77. The average Bonchev–Trinajstić information content (AvgIpc) is 3.19. The number of para-hydroxylation sites is 2. The molecule has 6 heteroatoms. The summed E-state index contributed by atoms with van der Waals surface area (Å²) < 4.78 is 11.6. The van der Waals surface area contributed by atoms with Gasteiger partial charge in [-0.1, -0.05) is 48.0 Å². The first kappa shape index (κ1) is 23.0. The van der Waals surface area contributed by atoms with E-state index < -0.39 is 0 Å². The Morgan fingerprint density at radius 1 is 1.06 bits per heavy atom.